The van der Waals surface area contributed by atoms with Gasteiger partial charge in [-0.3, -0.25) is 0 Å². The number of ether oxygens (including phenoxy) is 1. The van der Waals surface area contributed by atoms with E-state index in [2.05, 4.69) is 27.6 Å². The summed E-state index contributed by atoms with van der Waals surface area (Å²) in [6.07, 6.45) is 0.922. The molecule has 8 nitrogen and oxygen atoms in total. The Kier molecular flexibility index (Phi) is 6.51. The van der Waals surface area contributed by atoms with Gasteiger partial charge in [-0.25, -0.2) is 0 Å². The molecule has 4 rings (SSSR count). The summed E-state index contributed by atoms with van der Waals surface area (Å²) in [7, 11) is 0. The monoisotopic (exact) mass is 434 g/mol. The van der Waals surface area contributed by atoms with Gasteiger partial charge in [0.05, 0.1) is 24.4 Å². The van der Waals surface area contributed by atoms with Gasteiger partial charge in [0.15, 0.2) is 0 Å². The van der Waals surface area contributed by atoms with Crippen molar-refractivity contribution in [3.63, 3.8) is 0 Å². The van der Waals surface area contributed by atoms with Crippen LogP contribution in [0.25, 0.3) is 22.8 Å². The van der Waals surface area contributed by atoms with Gasteiger partial charge in [0, 0.05) is 23.7 Å². The summed E-state index contributed by atoms with van der Waals surface area (Å²) in [6, 6.07) is 13.5. The van der Waals surface area contributed by atoms with Crippen molar-refractivity contribution in [3.05, 3.63) is 53.1 Å². The minimum atomic E-state index is -0.780. The number of nitriles is 1. The Labute approximate surface area is 186 Å². The van der Waals surface area contributed by atoms with Crippen LogP contribution >= 0.6 is 0 Å². The van der Waals surface area contributed by atoms with Crippen molar-refractivity contribution in [2.75, 3.05) is 13.2 Å². The molecule has 32 heavy (non-hydrogen) atoms. The van der Waals surface area contributed by atoms with Gasteiger partial charge in [-0.05, 0) is 56.0 Å². The molecule has 2 unspecified atom stereocenters. The molecule has 0 aliphatic heterocycles. The van der Waals surface area contributed by atoms with Gasteiger partial charge in [0.25, 0.3) is 5.89 Å². The number of rotatable bonds is 8. The van der Waals surface area contributed by atoms with Crippen LogP contribution in [-0.2, 0) is 6.42 Å². The second kappa shape index (κ2) is 9.49. The van der Waals surface area contributed by atoms with Crippen molar-refractivity contribution in [1.82, 2.24) is 15.5 Å². The van der Waals surface area contributed by atoms with Gasteiger partial charge in [-0.2, -0.15) is 10.2 Å². The highest BCUT2D eigenvalue weighted by Crippen LogP contribution is 2.37. The highest BCUT2D eigenvalue weighted by molar-refractivity contribution is 5.67. The van der Waals surface area contributed by atoms with E-state index in [0.717, 1.165) is 29.5 Å². The van der Waals surface area contributed by atoms with E-state index >= 15 is 0 Å². The lowest BCUT2D eigenvalue weighted by molar-refractivity contribution is 0.0919. The summed E-state index contributed by atoms with van der Waals surface area (Å²) in [5, 5.41) is 35.6. The van der Waals surface area contributed by atoms with Crippen molar-refractivity contribution in [2.45, 2.75) is 44.9 Å². The Morgan fingerprint density at radius 1 is 1.31 bits per heavy atom. The molecule has 2 atom stereocenters. The van der Waals surface area contributed by atoms with E-state index in [0.29, 0.717) is 35.1 Å². The molecule has 1 aliphatic rings. The van der Waals surface area contributed by atoms with E-state index in [9.17, 15) is 10.4 Å². The summed E-state index contributed by atoms with van der Waals surface area (Å²) in [5.74, 6) is 1.36. The molecule has 0 saturated carbocycles. The van der Waals surface area contributed by atoms with Gasteiger partial charge in [0.2, 0.25) is 5.82 Å². The number of fused-ring (bicyclic) bond motifs is 1. The molecular formula is C24H26N4O4. The van der Waals surface area contributed by atoms with Crippen molar-refractivity contribution >= 4 is 0 Å². The average Bonchev–Trinajstić information content (AvgIpc) is 3.44. The van der Waals surface area contributed by atoms with Crippen LogP contribution in [0.4, 0.5) is 0 Å². The predicted octanol–water partition coefficient (Wildman–Crippen LogP) is 2.99. The lowest BCUT2D eigenvalue weighted by Crippen LogP contribution is -2.31. The third-order valence-corrected chi connectivity index (χ3v) is 5.46. The molecule has 1 aliphatic carbocycles. The first-order valence-electron chi connectivity index (χ1n) is 10.7. The second-order valence-electron chi connectivity index (χ2n) is 8.12. The lowest BCUT2D eigenvalue weighted by atomic mass is 10.0. The van der Waals surface area contributed by atoms with Crippen LogP contribution in [0, 0.1) is 11.3 Å². The quantitative estimate of drug-likeness (QED) is 0.494. The Morgan fingerprint density at radius 2 is 2.16 bits per heavy atom. The SMILES string of the molecule is CC(C)Oc1ccc(-c2nc(-c3cccc4c3CCC4NCC(O)CO)no2)cc1C#N. The fourth-order valence-electron chi connectivity index (χ4n) is 3.98. The van der Waals surface area contributed by atoms with Gasteiger partial charge >= 0.3 is 0 Å². The number of aliphatic hydroxyl groups excluding tert-OH is 2. The molecule has 0 radical (unpaired) electrons. The van der Waals surface area contributed by atoms with Crippen molar-refractivity contribution < 1.29 is 19.5 Å². The van der Waals surface area contributed by atoms with Crippen LogP contribution in [0.5, 0.6) is 5.75 Å². The third kappa shape index (κ3) is 4.50. The van der Waals surface area contributed by atoms with Crippen molar-refractivity contribution in [1.29, 1.82) is 5.26 Å². The van der Waals surface area contributed by atoms with Gasteiger partial charge < -0.3 is 24.8 Å². The summed E-state index contributed by atoms with van der Waals surface area (Å²) in [5.41, 5.74) is 4.26. The summed E-state index contributed by atoms with van der Waals surface area (Å²) < 4.78 is 11.2. The Bertz CT molecular complexity index is 1140. The minimum absolute atomic E-state index is 0.0339. The molecule has 3 N–H and O–H groups in total. The molecule has 0 fully saturated rings. The Morgan fingerprint density at radius 3 is 2.91 bits per heavy atom. The van der Waals surface area contributed by atoms with Crippen LogP contribution in [-0.4, -0.2) is 45.7 Å². The van der Waals surface area contributed by atoms with Crippen LogP contribution in [0.3, 0.4) is 0 Å². The number of aliphatic hydroxyl groups is 2. The maximum absolute atomic E-state index is 9.63. The summed E-state index contributed by atoms with van der Waals surface area (Å²) >= 11 is 0. The van der Waals surface area contributed by atoms with E-state index in [-0.39, 0.29) is 18.8 Å². The van der Waals surface area contributed by atoms with Crippen LogP contribution in [0.15, 0.2) is 40.9 Å². The number of aromatic nitrogens is 2. The smallest absolute Gasteiger partial charge is 0.258 e. The zero-order valence-corrected chi connectivity index (χ0v) is 18.1. The second-order valence-corrected chi connectivity index (χ2v) is 8.12. The molecule has 0 spiro atoms. The fourth-order valence-corrected chi connectivity index (χ4v) is 3.98. The summed E-state index contributed by atoms with van der Waals surface area (Å²) in [6.45, 7) is 3.88. The molecule has 1 heterocycles. The number of hydrogen-bond acceptors (Lipinski definition) is 8. The maximum Gasteiger partial charge on any atom is 0.258 e. The Balaban J connectivity index is 1.59. The van der Waals surface area contributed by atoms with E-state index < -0.39 is 6.10 Å². The number of benzene rings is 2. The molecule has 0 amide bonds. The number of hydrogen-bond donors (Lipinski definition) is 3. The van der Waals surface area contributed by atoms with Crippen molar-refractivity contribution in [2.24, 2.45) is 0 Å². The first-order chi connectivity index (χ1) is 15.5. The zero-order chi connectivity index (χ0) is 22.7. The predicted molar refractivity (Wildman–Crippen MR) is 118 cm³/mol. The first kappa shape index (κ1) is 22.0. The van der Waals surface area contributed by atoms with Gasteiger partial charge in [-0.1, -0.05) is 23.4 Å². The molecular weight excluding hydrogens is 408 g/mol. The first-order valence-corrected chi connectivity index (χ1v) is 10.7. The van der Waals surface area contributed by atoms with Gasteiger partial charge in [0.1, 0.15) is 11.8 Å². The lowest BCUT2D eigenvalue weighted by Gasteiger charge is -2.16. The molecule has 2 aromatic carbocycles. The molecule has 8 heteroatoms. The maximum atomic E-state index is 9.63. The largest absolute Gasteiger partial charge is 0.490 e. The van der Waals surface area contributed by atoms with Crippen molar-refractivity contribution in [3.8, 4) is 34.7 Å². The number of nitrogens with zero attached hydrogens (tertiary/aromatic N) is 3. The van der Waals surface area contributed by atoms with E-state index in [1.165, 1.54) is 0 Å². The van der Waals surface area contributed by atoms with E-state index in [1.54, 1.807) is 18.2 Å². The highest BCUT2D eigenvalue weighted by atomic mass is 16.5. The Hall–Kier alpha value is -3.25. The van der Waals surface area contributed by atoms with Crippen LogP contribution < -0.4 is 10.1 Å². The molecule has 1 aromatic heterocycles. The molecule has 3 aromatic rings. The molecule has 0 saturated heterocycles. The minimum Gasteiger partial charge on any atom is -0.490 e. The van der Waals surface area contributed by atoms with Gasteiger partial charge in [-0.15, -0.1) is 0 Å². The van der Waals surface area contributed by atoms with Crippen LogP contribution in [0.1, 0.15) is 43.0 Å². The third-order valence-electron chi connectivity index (χ3n) is 5.46. The average molecular weight is 434 g/mol. The fraction of sp³-hybridized carbons (Fsp3) is 0.375. The van der Waals surface area contributed by atoms with E-state index in [1.807, 2.05) is 26.0 Å². The normalized spacial score (nSPS) is 16.1. The zero-order valence-electron chi connectivity index (χ0n) is 18.1. The topological polar surface area (TPSA) is 124 Å². The van der Waals surface area contributed by atoms with Crippen LogP contribution in [0.2, 0.25) is 0 Å². The highest BCUT2D eigenvalue weighted by Gasteiger charge is 2.26. The molecule has 0 bridgehead atoms. The standard InChI is InChI=1S/C24H26N4O4/c1-14(2)31-22-9-6-15(10-16(22)11-25)24-27-23(28-32-24)20-5-3-4-19-18(20)7-8-21(19)26-12-17(30)13-29/h3-6,9-10,14,17,21,26,29-30H,7-8,12-13H2,1-2H3. The molecule has 166 valence electrons. The summed E-state index contributed by atoms with van der Waals surface area (Å²) in [4.78, 5) is 4.59. The van der Waals surface area contributed by atoms with E-state index in [4.69, 9.17) is 14.4 Å². The number of nitrogens with one attached hydrogen (secondary N) is 1.